The highest BCUT2D eigenvalue weighted by Crippen LogP contribution is 2.19. The first kappa shape index (κ1) is 10.9. The van der Waals surface area contributed by atoms with Crippen molar-refractivity contribution in [3.63, 3.8) is 0 Å². The van der Waals surface area contributed by atoms with E-state index in [4.69, 9.17) is 10.2 Å². The minimum atomic E-state index is 0.558. The van der Waals surface area contributed by atoms with Gasteiger partial charge in [-0.2, -0.15) is 0 Å². The van der Waals surface area contributed by atoms with Crippen LogP contribution in [0.3, 0.4) is 0 Å². The van der Waals surface area contributed by atoms with Crippen molar-refractivity contribution >= 4 is 17.0 Å². The molecule has 1 aromatic carbocycles. The van der Waals surface area contributed by atoms with Crippen molar-refractivity contribution in [1.29, 1.82) is 0 Å². The molecule has 92 valence electrons. The van der Waals surface area contributed by atoms with Gasteiger partial charge in [-0.25, -0.2) is 4.98 Å². The number of aryl methyl sites for hydroxylation is 3. The van der Waals surface area contributed by atoms with Crippen LogP contribution in [0.1, 0.15) is 11.3 Å². The molecule has 0 saturated heterocycles. The van der Waals surface area contributed by atoms with Crippen LogP contribution in [0, 0.1) is 6.92 Å². The highest BCUT2D eigenvalue weighted by Gasteiger charge is 2.08. The van der Waals surface area contributed by atoms with E-state index in [1.54, 1.807) is 6.26 Å². The van der Waals surface area contributed by atoms with Crippen LogP contribution in [0.25, 0.3) is 11.0 Å². The number of hydrogen-bond donors (Lipinski definition) is 1. The number of rotatable bonds is 3. The summed E-state index contributed by atoms with van der Waals surface area (Å²) in [6, 6.07) is 10.1. The van der Waals surface area contributed by atoms with Gasteiger partial charge in [0.05, 0.1) is 17.3 Å². The summed E-state index contributed by atoms with van der Waals surface area (Å²) in [7, 11) is 0. The lowest BCUT2D eigenvalue weighted by Crippen LogP contribution is -2.05. The Bertz CT molecular complexity index is 668. The van der Waals surface area contributed by atoms with Gasteiger partial charge in [0.2, 0.25) is 5.95 Å². The summed E-state index contributed by atoms with van der Waals surface area (Å²) in [5, 5.41) is 0. The summed E-state index contributed by atoms with van der Waals surface area (Å²) in [6.45, 7) is 2.83. The van der Waals surface area contributed by atoms with Crippen LogP contribution >= 0.6 is 0 Å². The molecule has 0 saturated carbocycles. The number of imidazole rings is 1. The van der Waals surface area contributed by atoms with E-state index in [1.807, 2.05) is 16.7 Å². The second-order valence-electron chi connectivity index (χ2n) is 4.44. The molecule has 0 aliphatic rings. The molecule has 0 bridgehead atoms. The van der Waals surface area contributed by atoms with Crippen molar-refractivity contribution in [3.8, 4) is 0 Å². The quantitative estimate of drug-likeness (QED) is 0.767. The Kier molecular flexibility index (Phi) is 2.55. The molecule has 0 fully saturated rings. The fourth-order valence-electron chi connectivity index (χ4n) is 2.17. The molecule has 2 heterocycles. The smallest absolute Gasteiger partial charge is 0.201 e. The molecular formula is C14H15N3O. The van der Waals surface area contributed by atoms with Crippen molar-refractivity contribution < 1.29 is 4.42 Å². The van der Waals surface area contributed by atoms with E-state index in [9.17, 15) is 0 Å². The van der Waals surface area contributed by atoms with E-state index < -0.39 is 0 Å². The van der Waals surface area contributed by atoms with Gasteiger partial charge in [-0.3, -0.25) is 0 Å². The van der Waals surface area contributed by atoms with Crippen LogP contribution in [-0.4, -0.2) is 9.55 Å². The Morgan fingerprint density at radius 3 is 3.00 bits per heavy atom. The van der Waals surface area contributed by atoms with Crippen molar-refractivity contribution in [2.45, 2.75) is 19.9 Å². The molecule has 0 unspecified atom stereocenters. The fraction of sp³-hybridized carbons (Fsp3) is 0.214. The molecule has 2 N–H and O–H groups in total. The monoisotopic (exact) mass is 241 g/mol. The summed E-state index contributed by atoms with van der Waals surface area (Å²) in [4.78, 5) is 4.38. The second-order valence-corrected chi connectivity index (χ2v) is 4.44. The molecule has 0 aliphatic heterocycles. The van der Waals surface area contributed by atoms with Crippen LogP contribution in [0.5, 0.6) is 0 Å². The zero-order valence-electron chi connectivity index (χ0n) is 10.3. The van der Waals surface area contributed by atoms with Crippen molar-refractivity contribution in [2.75, 3.05) is 5.73 Å². The van der Waals surface area contributed by atoms with Crippen LogP contribution in [-0.2, 0) is 13.0 Å². The van der Waals surface area contributed by atoms with E-state index in [1.165, 1.54) is 5.56 Å². The second kappa shape index (κ2) is 4.22. The highest BCUT2D eigenvalue weighted by molar-refractivity contribution is 5.79. The molecule has 0 aliphatic carbocycles. The molecule has 2 aromatic heterocycles. The number of benzene rings is 1. The fourth-order valence-corrected chi connectivity index (χ4v) is 2.17. The molecule has 0 atom stereocenters. The Balaban J connectivity index is 1.93. The maximum Gasteiger partial charge on any atom is 0.201 e. The van der Waals surface area contributed by atoms with E-state index in [0.717, 1.165) is 29.8 Å². The normalized spacial score (nSPS) is 11.2. The lowest BCUT2D eigenvalue weighted by atomic mass is 10.2. The third kappa shape index (κ3) is 1.86. The number of hydrogen-bond acceptors (Lipinski definition) is 3. The van der Waals surface area contributed by atoms with Gasteiger partial charge in [0.25, 0.3) is 0 Å². The molecule has 4 heteroatoms. The molecule has 4 nitrogen and oxygen atoms in total. The average molecular weight is 241 g/mol. The standard InChI is InChI=1S/C14H15N3O/c1-10-4-5-13-12(9-10)16-14(15)17(13)7-6-11-3-2-8-18-11/h2-5,8-9H,6-7H2,1H3,(H2,15,16). The van der Waals surface area contributed by atoms with E-state index in [-0.39, 0.29) is 0 Å². The molecule has 0 radical (unpaired) electrons. The van der Waals surface area contributed by atoms with E-state index >= 15 is 0 Å². The molecule has 3 aromatic rings. The van der Waals surface area contributed by atoms with Crippen molar-refractivity contribution in [2.24, 2.45) is 0 Å². The van der Waals surface area contributed by atoms with Crippen molar-refractivity contribution in [1.82, 2.24) is 9.55 Å². The minimum Gasteiger partial charge on any atom is -0.469 e. The summed E-state index contributed by atoms with van der Waals surface area (Å²) < 4.78 is 7.35. The number of fused-ring (bicyclic) bond motifs is 1. The Morgan fingerprint density at radius 2 is 2.22 bits per heavy atom. The molecule has 0 spiro atoms. The van der Waals surface area contributed by atoms with Crippen LogP contribution in [0.4, 0.5) is 5.95 Å². The van der Waals surface area contributed by atoms with Crippen LogP contribution in [0.15, 0.2) is 41.0 Å². The third-order valence-corrected chi connectivity index (χ3v) is 3.10. The highest BCUT2D eigenvalue weighted by atomic mass is 16.3. The van der Waals surface area contributed by atoms with Gasteiger partial charge in [0.15, 0.2) is 0 Å². The summed E-state index contributed by atoms with van der Waals surface area (Å²) in [5.41, 5.74) is 9.18. The van der Waals surface area contributed by atoms with Gasteiger partial charge in [0.1, 0.15) is 5.76 Å². The topological polar surface area (TPSA) is 57.0 Å². The summed E-state index contributed by atoms with van der Waals surface area (Å²) in [6.07, 6.45) is 2.50. The maximum absolute atomic E-state index is 5.96. The first-order valence-corrected chi connectivity index (χ1v) is 5.99. The SMILES string of the molecule is Cc1ccc2c(c1)nc(N)n2CCc1ccco1. The van der Waals surface area contributed by atoms with Gasteiger partial charge in [-0.1, -0.05) is 6.07 Å². The van der Waals surface area contributed by atoms with Crippen LogP contribution < -0.4 is 5.73 Å². The van der Waals surface area contributed by atoms with Gasteiger partial charge >= 0.3 is 0 Å². The molecular weight excluding hydrogens is 226 g/mol. The molecule has 0 amide bonds. The summed E-state index contributed by atoms with van der Waals surface area (Å²) >= 11 is 0. The maximum atomic E-state index is 5.96. The molecule has 18 heavy (non-hydrogen) atoms. The van der Waals surface area contributed by atoms with E-state index in [2.05, 4.69) is 30.1 Å². The number of nitrogen functional groups attached to an aromatic ring is 1. The van der Waals surface area contributed by atoms with Gasteiger partial charge in [-0.15, -0.1) is 0 Å². The average Bonchev–Trinajstić information content (AvgIpc) is 2.93. The number of furan rings is 1. The Morgan fingerprint density at radius 1 is 1.33 bits per heavy atom. The van der Waals surface area contributed by atoms with Gasteiger partial charge in [0, 0.05) is 13.0 Å². The minimum absolute atomic E-state index is 0.558. The number of aromatic nitrogens is 2. The van der Waals surface area contributed by atoms with Crippen LogP contribution in [0.2, 0.25) is 0 Å². The zero-order chi connectivity index (χ0) is 12.5. The Labute approximate surface area is 105 Å². The Hall–Kier alpha value is -2.23. The van der Waals surface area contributed by atoms with Gasteiger partial charge in [-0.05, 0) is 36.8 Å². The summed E-state index contributed by atoms with van der Waals surface area (Å²) in [5.74, 6) is 1.52. The van der Waals surface area contributed by atoms with Crippen molar-refractivity contribution in [3.05, 3.63) is 47.9 Å². The third-order valence-electron chi connectivity index (χ3n) is 3.10. The lowest BCUT2D eigenvalue weighted by Gasteiger charge is -2.04. The number of nitrogens with two attached hydrogens (primary N) is 1. The first-order chi connectivity index (χ1) is 8.74. The largest absolute Gasteiger partial charge is 0.469 e. The predicted octanol–water partition coefficient (Wildman–Crippen LogP) is 2.76. The first-order valence-electron chi connectivity index (χ1n) is 5.99. The molecule has 3 rings (SSSR count). The zero-order valence-corrected chi connectivity index (χ0v) is 10.3. The number of anilines is 1. The van der Waals surface area contributed by atoms with E-state index in [0.29, 0.717) is 5.95 Å². The predicted molar refractivity (Wildman–Crippen MR) is 71.3 cm³/mol. The number of nitrogens with zero attached hydrogens (tertiary/aromatic N) is 2. The van der Waals surface area contributed by atoms with Gasteiger partial charge < -0.3 is 14.7 Å². The lowest BCUT2D eigenvalue weighted by molar-refractivity contribution is 0.494.